The summed E-state index contributed by atoms with van der Waals surface area (Å²) in [7, 11) is 0. The van der Waals surface area contributed by atoms with Crippen LogP contribution in [0.25, 0.3) is 0 Å². The largest absolute Gasteiger partial charge is 0.168 e. The van der Waals surface area contributed by atoms with Crippen molar-refractivity contribution in [3.8, 4) is 0 Å². The van der Waals surface area contributed by atoms with Gasteiger partial charge in [0.2, 0.25) is 0 Å². The predicted octanol–water partition coefficient (Wildman–Crippen LogP) is 2.11. The molecule has 0 N–H and O–H groups in total. The van der Waals surface area contributed by atoms with E-state index in [4.69, 9.17) is 0 Å². The van der Waals surface area contributed by atoms with Gasteiger partial charge in [-0.3, -0.25) is 0 Å². The van der Waals surface area contributed by atoms with Gasteiger partial charge in [-0.2, -0.15) is 4.90 Å². The van der Waals surface area contributed by atoms with Crippen molar-refractivity contribution < 1.29 is 0 Å². The van der Waals surface area contributed by atoms with Gasteiger partial charge in [0.05, 0.1) is 0 Å². The second kappa shape index (κ2) is 3.97. The van der Waals surface area contributed by atoms with Gasteiger partial charge in [-0.25, -0.2) is 0 Å². The van der Waals surface area contributed by atoms with Gasteiger partial charge in [-0.05, 0) is 19.8 Å². The summed E-state index contributed by atoms with van der Waals surface area (Å²) < 4.78 is 0. The lowest BCUT2D eigenvalue weighted by molar-refractivity contribution is 0.266. The van der Waals surface area contributed by atoms with E-state index in [0.717, 1.165) is 6.04 Å². The van der Waals surface area contributed by atoms with Crippen LogP contribution in [0.5, 0.6) is 0 Å². The highest BCUT2D eigenvalue weighted by Gasteiger charge is 2.25. The van der Waals surface area contributed by atoms with Crippen molar-refractivity contribution >= 4 is 0 Å². The topological polar surface area (TPSA) is 5.90 Å². The molecule has 1 heteroatoms. The molecule has 1 nitrogen and oxygen atoms in total. The molecule has 0 amide bonds. The molecule has 0 saturated carbocycles. The third-order valence-electron chi connectivity index (χ3n) is 2.45. The Hall–Kier alpha value is -0.0400. The molecule has 1 rings (SSSR count). The first-order valence-electron chi connectivity index (χ1n) is 4.58. The summed E-state index contributed by atoms with van der Waals surface area (Å²) >= 11 is 0. The highest BCUT2D eigenvalue weighted by Crippen LogP contribution is 2.13. The standard InChI is InChI=1S/C9H19N/c1-3-7-10-8-5-4-6-9(10)2/h9H,3-8H2,1-2H3/q+1. The average molecular weight is 141 g/mol. The van der Waals surface area contributed by atoms with Crippen LogP contribution in [0, 0.1) is 0 Å². The number of rotatable bonds is 2. The maximum absolute atomic E-state index is 2.61. The molecule has 0 bridgehead atoms. The minimum atomic E-state index is 0.855. The molecule has 0 spiro atoms. The molecule has 1 atom stereocenters. The van der Waals surface area contributed by atoms with Gasteiger partial charge >= 0.3 is 0 Å². The lowest BCUT2D eigenvalue weighted by Gasteiger charge is -2.22. The highest BCUT2D eigenvalue weighted by molar-refractivity contribution is 4.76. The van der Waals surface area contributed by atoms with Crippen LogP contribution in [-0.4, -0.2) is 19.1 Å². The van der Waals surface area contributed by atoms with Crippen molar-refractivity contribution in [3.05, 3.63) is 0 Å². The Balaban J connectivity index is 2.25. The van der Waals surface area contributed by atoms with Crippen molar-refractivity contribution in [3.63, 3.8) is 0 Å². The zero-order chi connectivity index (χ0) is 7.40. The molecule has 1 fully saturated rings. The van der Waals surface area contributed by atoms with E-state index in [0.29, 0.717) is 0 Å². The van der Waals surface area contributed by atoms with E-state index in [1.54, 1.807) is 0 Å². The van der Waals surface area contributed by atoms with Gasteiger partial charge in [-0.15, -0.1) is 0 Å². The zero-order valence-electron chi connectivity index (χ0n) is 7.27. The van der Waals surface area contributed by atoms with Gasteiger partial charge in [0.1, 0.15) is 19.1 Å². The molecule has 1 unspecified atom stereocenters. The first-order valence-corrected chi connectivity index (χ1v) is 4.58. The quantitative estimate of drug-likeness (QED) is 0.519. The number of piperidine rings is 1. The summed E-state index contributed by atoms with van der Waals surface area (Å²) in [5.41, 5.74) is 0. The molecule has 1 aliphatic rings. The fourth-order valence-electron chi connectivity index (χ4n) is 1.78. The van der Waals surface area contributed by atoms with Crippen LogP contribution >= 0.6 is 0 Å². The minimum Gasteiger partial charge on any atom is -0.168 e. The van der Waals surface area contributed by atoms with Crippen LogP contribution in [0.3, 0.4) is 0 Å². The maximum atomic E-state index is 2.61. The fourth-order valence-corrected chi connectivity index (χ4v) is 1.78. The normalized spacial score (nSPS) is 28.8. The van der Waals surface area contributed by atoms with Gasteiger partial charge < -0.3 is 0 Å². The number of hydrogen-bond donors (Lipinski definition) is 0. The SMILES string of the molecule is CCC[N+]1CCCCC1C. The Morgan fingerprint density at radius 3 is 2.80 bits per heavy atom. The Morgan fingerprint density at radius 1 is 1.40 bits per heavy atom. The molecule has 0 aromatic heterocycles. The highest BCUT2D eigenvalue weighted by atomic mass is 15.1. The smallest absolute Gasteiger partial charge is 0.130 e. The van der Waals surface area contributed by atoms with E-state index >= 15 is 0 Å². The van der Waals surface area contributed by atoms with Crippen molar-refractivity contribution in [2.75, 3.05) is 13.1 Å². The summed E-state index contributed by atoms with van der Waals surface area (Å²) in [6.07, 6.45) is 5.59. The second-order valence-corrected chi connectivity index (χ2v) is 3.38. The maximum Gasteiger partial charge on any atom is 0.130 e. The van der Waals surface area contributed by atoms with E-state index in [1.807, 2.05) is 0 Å². The molecule has 1 radical (unpaired) electrons. The van der Waals surface area contributed by atoms with E-state index in [-0.39, 0.29) is 0 Å². The summed E-state index contributed by atoms with van der Waals surface area (Å²) in [5, 5.41) is 0. The van der Waals surface area contributed by atoms with Gasteiger partial charge in [0.25, 0.3) is 0 Å². The predicted molar refractivity (Wildman–Crippen MR) is 45.5 cm³/mol. The van der Waals surface area contributed by atoms with Crippen LogP contribution in [0.4, 0.5) is 0 Å². The Kier molecular flexibility index (Phi) is 3.20. The van der Waals surface area contributed by atoms with Crippen LogP contribution in [0.2, 0.25) is 0 Å². The zero-order valence-corrected chi connectivity index (χ0v) is 7.27. The number of nitrogens with zero attached hydrogens (tertiary/aromatic N) is 1. The van der Waals surface area contributed by atoms with E-state index in [2.05, 4.69) is 18.7 Å². The van der Waals surface area contributed by atoms with Crippen LogP contribution in [0.15, 0.2) is 0 Å². The molecule has 1 saturated heterocycles. The minimum absolute atomic E-state index is 0.855. The Labute approximate surface area is 64.4 Å². The average Bonchev–Trinajstić information content (AvgIpc) is 1.94. The number of likely N-dealkylation sites (tertiary alicyclic amines) is 1. The van der Waals surface area contributed by atoms with Gasteiger partial charge in [-0.1, -0.05) is 6.92 Å². The molecular formula is C9H19N+. The summed E-state index contributed by atoms with van der Waals surface area (Å²) in [5.74, 6) is 0. The molecule has 0 aromatic carbocycles. The van der Waals surface area contributed by atoms with Crippen LogP contribution < -0.4 is 4.90 Å². The second-order valence-electron chi connectivity index (χ2n) is 3.38. The molecule has 1 aliphatic heterocycles. The van der Waals surface area contributed by atoms with E-state index in [1.165, 1.54) is 38.8 Å². The Bertz CT molecular complexity index is 88.7. The number of hydrogen-bond acceptors (Lipinski definition) is 1. The van der Waals surface area contributed by atoms with Crippen LogP contribution in [-0.2, 0) is 0 Å². The van der Waals surface area contributed by atoms with Gasteiger partial charge in [0, 0.05) is 12.8 Å². The molecule has 0 aromatic rings. The fraction of sp³-hybridized carbons (Fsp3) is 1.00. The third kappa shape index (κ3) is 1.98. The summed E-state index contributed by atoms with van der Waals surface area (Å²) in [6.45, 7) is 7.27. The van der Waals surface area contributed by atoms with Crippen molar-refractivity contribution in [2.45, 2.75) is 45.6 Å². The molecule has 10 heavy (non-hydrogen) atoms. The van der Waals surface area contributed by atoms with Gasteiger partial charge in [0.15, 0.2) is 0 Å². The first kappa shape index (κ1) is 8.06. The third-order valence-corrected chi connectivity index (χ3v) is 2.45. The Morgan fingerprint density at radius 2 is 2.20 bits per heavy atom. The van der Waals surface area contributed by atoms with Crippen molar-refractivity contribution in [2.24, 2.45) is 0 Å². The van der Waals surface area contributed by atoms with E-state index < -0.39 is 0 Å². The molecule has 1 heterocycles. The lowest BCUT2D eigenvalue weighted by Crippen LogP contribution is -2.43. The molecule has 59 valence electrons. The molecule has 0 aliphatic carbocycles. The first-order chi connectivity index (χ1) is 4.84. The molecular weight excluding hydrogens is 122 g/mol. The van der Waals surface area contributed by atoms with Crippen molar-refractivity contribution in [1.29, 1.82) is 0 Å². The monoisotopic (exact) mass is 141 g/mol. The summed E-state index contributed by atoms with van der Waals surface area (Å²) in [4.78, 5) is 2.61. The lowest BCUT2D eigenvalue weighted by atomic mass is 10.0. The summed E-state index contributed by atoms with van der Waals surface area (Å²) in [6, 6.07) is 0.855. The van der Waals surface area contributed by atoms with Crippen LogP contribution in [0.1, 0.15) is 39.5 Å². The van der Waals surface area contributed by atoms with E-state index in [9.17, 15) is 0 Å². The van der Waals surface area contributed by atoms with Crippen molar-refractivity contribution in [1.82, 2.24) is 4.90 Å².